The standard InChI is InChI=1S/C29H33N5O4/c1-29(2,30)27(36)33-24-16-32-23-10-6-7-11-25(23)34(26(24)35)17-19-12-14-20(15-13-19)22-9-5-4-8-21(22)18-38-28(37)31-3/h4-15,24,32H,16-18,30H2,1-3H3,(H,31,37)(H,33,36)/t24-/m0/s1. The third kappa shape index (κ3) is 6.12. The zero-order valence-corrected chi connectivity index (χ0v) is 21.8. The number of benzene rings is 3. The van der Waals surface area contributed by atoms with Crippen LogP contribution in [0.2, 0.25) is 0 Å². The highest BCUT2D eigenvalue weighted by Gasteiger charge is 2.34. The predicted molar refractivity (Wildman–Crippen MR) is 147 cm³/mol. The van der Waals surface area contributed by atoms with E-state index in [1.807, 2.05) is 72.8 Å². The Bertz CT molecular complexity index is 1320. The number of fused-ring (bicyclic) bond motifs is 1. The second kappa shape index (κ2) is 11.4. The van der Waals surface area contributed by atoms with Crippen LogP contribution in [0, 0.1) is 0 Å². The topological polar surface area (TPSA) is 126 Å². The van der Waals surface area contributed by atoms with Gasteiger partial charge in [0.15, 0.2) is 0 Å². The predicted octanol–water partition coefficient (Wildman–Crippen LogP) is 3.39. The van der Waals surface area contributed by atoms with Gasteiger partial charge in [0.1, 0.15) is 12.6 Å². The number of carbonyl (C=O) groups excluding carboxylic acids is 3. The molecule has 5 N–H and O–H groups in total. The molecular weight excluding hydrogens is 482 g/mol. The van der Waals surface area contributed by atoms with Crippen molar-refractivity contribution in [1.82, 2.24) is 10.6 Å². The van der Waals surface area contributed by atoms with Crippen molar-refractivity contribution in [1.29, 1.82) is 0 Å². The van der Waals surface area contributed by atoms with Crippen molar-refractivity contribution in [3.05, 3.63) is 83.9 Å². The second-order valence-electron chi connectivity index (χ2n) is 9.75. The summed E-state index contributed by atoms with van der Waals surface area (Å²) in [4.78, 5) is 39.4. The molecule has 0 fully saturated rings. The number of ether oxygens (including phenoxy) is 1. The van der Waals surface area contributed by atoms with E-state index in [4.69, 9.17) is 10.5 Å². The molecule has 3 amide bonds. The van der Waals surface area contributed by atoms with Gasteiger partial charge < -0.3 is 31.3 Å². The number of nitrogens with two attached hydrogens (primary N) is 1. The quantitative estimate of drug-likeness (QED) is 0.382. The molecule has 0 spiro atoms. The molecule has 0 saturated heterocycles. The van der Waals surface area contributed by atoms with Crippen molar-refractivity contribution in [2.45, 2.75) is 38.6 Å². The van der Waals surface area contributed by atoms with Crippen molar-refractivity contribution < 1.29 is 19.1 Å². The average molecular weight is 516 g/mol. The molecular formula is C29H33N5O4. The molecule has 38 heavy (non-hydrogen) atoms. The molecule has 3 aromatic rings. The van der Waals surface area contributed by atoms with Crippen LogP contribution in [-0.2, 0) is 27.5 Å². The molecule has 4 rings (SSSR count). The number of amides is 3. The van der Waals surface area contributed by atoms with Crippen LogP contribution in [0.15, 0.2) is 72.8 Å². The summed E-state index contributed by atoms with van der Waals surface area (Å²) in [6, 6.07) is 22.4. The molecule has 9 nitrogen and oxygen atoms in total. The van der Waals surface area contributed by atoms with Gasteiger partial charge in [-0.1, -0.05) is 60.7 Å². The number of rotatable bonds is 7. The number of alkyl carbamates (subject to hydrolysis) is 1. The Morgan fingerprint density at radius 3 is 2.45 bits per heavy atom. The lowest BCUT2D eigenvalue weighted by molar-refractivity contribution is -0.130. The van der Waals surface area contributed by atoms with Crippen molar-refractivity contribution >= 4 is 29.3 Å². The van der Waals surface area contributed by atoms with Crippen molar-refractivity contribution in [2.75, 3.05) is 23.8 Å². The summed E-state index contributed by atoms with van der Waals surface area (Å²) in [5, 5.41) is 8.53. The largest absolute Gasteiger partial charge is 0.445 e. The molecule has 0 radical (unpaired) electrons. The number of nitrogens with one attached hydrogen (secondary N) is 3. The van der Waals surface area contributed by atoms with E-state index < -0.39 is 23.6 Å². The van der Waals surface area contributed by atoms with Gasteiger partial charge in [-0.15, -0.1) is 0 Å². The van der Waals surface area contributed by atoms with Crippen LogP contribution in [0.4, 0.5) is 16.2 Å². The summed E-state index contributed by atoms with van der Waals surface area (Å²) in [6.45, 7) is 3.93. The Morgan fingerprint density at radius 2 is 1.74 bits per heavy atom. The van der Waals surface area contributed by atoms with Gasteiger partial charge in [0.25, 0.3) is 5.91 Å². The summed E-state index contributed by atoms with van der Waals surface area (Å²) in [7, 11) is 1.52. The maximum Gasteiger partial charge on any atom is 0.407 e. The minimum atomic E-state index is -1.11. The fourth-order valence-electron chi connectivity index (χ4n) is 4.20. The van der Waals surface area contributed by atoms with Gasteiger partial charge in [-0.3, -0.25) is 9.59 Å². The molecule has 3 aromatic carbocycles. The van der Waals surface area contributed by atoms with E-state index in [2.05, 4.69) is 16.0 Å². The number of carbonyl (C=O) groups is 3. The highest BCUT2D eigenvalue weighted by Crippen LogP contribution is 2.31. The number of para-hydroxylation sites is 2. The molecule has 1 heterocycles. The second-order valence-corrected chi connectivity index (χ2v) is 9.75. The fraction of sp³-hybridized carbons (Fsp3) is 0.276. The van der Waals surface area contributed by atoms with E-state index in [1.165, 1.54) is 7.05 Å². The first-order valence-corrected chi connectivity index (χ1v) is 12.4. The molecule has 1 aliphatic heterocycles. The van der Waals surface area contributed by atoms with Crippen LogP contribution in [0.25, 0.3) is 11.1 Å². The number of anilines is 2. The summed E-state index contributed by atoms with van der Waals surface area (Å²) >= 11 is 0. The van der Waals surface area contributed by atoms with Gasteiger partial charge in [-0.2, -0.15) is 0 Å². The molecule has 0 bridgehead atoms. The van der Waals surface area contributed by atoms with E-state index >= 15 is 0 Å². The molecule has 0 aromatic heterocycles. The van der Waals surface area contributed by atoms with Gasteiger partial charge in [-0.05, 0) is 48.2 Å². The number of hydrogen-bond donors (Lipinski definition) is 4. The van der Waals surface area contributed by atoms with Gasteiger partial charge in [0, 0.05) is 13.6 Å². The minimum Gasteiger partial charge on any atom is -0.445 e. The molecule has 198 valence electrons. The highest BCUT2D eigenvalue weighted by molar-refractivity contribution is 6.03. The smallest absolute Gasteiger partial charge is 0.407 e. The third-order valence-electron chi connectivity index (χ3n) is 6.33. The molecule has 0 saturated carbocycles. The van der Waals surface area contributed by atoms with Crippen LogP contribution in [0.1, 0.15) is 25.0 Å². The van der Waals surface area contributed by atoms with Crippen molar-refractivity contribution in [3.8, 4) is 11.1 Å². The van der Waals surface area contributed by atoms with Gasteiger partial charge in [-0.25, -0.2) is 4.79 Å². The Kier molecular flexibility index (Phi) is 7.97. The van der Waals surface area contributed by atoms with E-state index in [-0.39, 0.29) is 19.1 Å². The van der Waals surface area contributed by atoms with Crippen LogP contribution < -0.4 is 26.6 Å². The average Bonchev–Trinajstić information content (AvgIpc) is 3.04. The van der Waals surface area contributed by atoms with Crippen molar-refractivity contribution in [3.63, 3.8) is 0 Å². The minimum absolute atomic E-state index is 0.149. The third-order valence-corrected chi connectivity index (χ3v) is 6.33. The van der Waals surface area contributed by atoms with Gasteiger partial charge >= 0.3 is 6.09 Å². The zero-order chi connectivity index (χ0) is 27.3. The Labute approximate surface area is 222 Å². The Hall–Kier alpha value is -4.37. The zero-order valence-electron chi connectivity index (χ0n) is 21.8. The van der Waals surface area contributed by atoms with Crippen LogP contribution in [0.3, 0.4) is 0 Å². The van der Waals surface area contributed by atoms with E-state index in [0.717, 1.165) is 33.6 Å². The Balaban J connectivity index is 1.57. The SMILES string of the molecule is CNC(=O)OCc1ccccc1-c1ccc(CN2C(=O)[C@@H](NC(=O)C(C)(C)N)CNc3ccccc32)cc1. The summed E-state index contributed by atoms with van der Waals surface area (Å²) in [6.07, 6.45) is -0.489. The molecule has 1 aliphatic rings. The lowest BCUT2D eigenvalue weighted by atomic mass is 9.99. The van der Waals surface area contributed by atoms with E-state index in [1.54, 1.807) is 18.7 Å². The summed E-state index contributed by atoms with van der Waals surface area (Å²) in [5.41, 5.74) is 10.1. The van der Waals surface area contributed by atoms with Crippen LogP contribution in [-0.4, -0.2) is 43.1 Å². The number of nitrogens with zero attached hydrogens (tertiary/aromatic N) is 1. The maximum absolute atomic E-state index is 13.6. The molecule has 0 aliphatic carbocycles. The fourth-order valence-corrected chi connectivity index (χ4v) is 4.20. The first-order chi connectivity index (χ1) is 18.2. The summed E-state index contributed by atoms with van der Waals surface area (Å²) in [5.74, 6) is -0.618. The lowest BCUT2D eigenvalue weighted by Crippen LogP contribution is -2.57. The first-order valence-electron chi connectivity index (χ1n) is 12.4. The molecule has 1 atom stereocenters. The summed E-state index contributed by atoms with van der Waals surface area (Å²) < 4.78 is 5.24. The van der Waals surface area contributed by atoms with E-state index in [9.17, 15) is 14.4 Å². The normalized spacial score (nSPS) is 15.1. The lowest BCUT2D eigenvalue weighted by Gasteiger charge is -2.27. The molecule has 0 unspecified atom stereocenters. The monoisotopic (exact) mass is 515 g/mol. The van der Waals surface area contributed by atoms with Gasteiger partial charge in [0.2, 0.25) is 5.91 Å². The van der Waals surface area contributed by atoms with Gasteiger partial charge in [0.05, 0.1) is 23.5 Å². The first kappa shape index (κ1) is 26.7. The maximum atomic E-state index is 13.6. The highest BCUT2D eigenvalue weighted by atomic mass is 16.5. The number of hydrogen-bond acceptors (Lipinski definition) is 6. The Morgan fingerprint density at radius 1 is 1.05 bits per heavy atom. The van der Waals surface area contributed by atoms with Crippen molar-refractivity contribution in [2.24, 2.45) is 5.73 Å². The van der Waals surface area contributed by atoms with Crippen LogP contribution in [0.5, 0.6) is 0 Å². The molecule has 9 heteroatoms. The van der Waals surface area contributed by atoms with E-state index in [0.29, 0.717) is 6.54 Å². The van der Waals surface area contributed by atoms with Crippen LogP contribution >= 0.6 is 0 Å².